The third-order valence-electron chi connectivity index (χ3n) is 3.65. The Morgan fingerprint density at radius 3 is 2.76 bits per heavy atom. The van der Waals surface area contributed by atoms with Crippen molar-refractivity contribution in [2.75, 3.05) is 13.1 Å². The molecule has 1 amide bonds. The average molecular weight is 246 g/mol. The molecule has 0 bridgehead atoms. The topological polar surface area (TPSA) is 41.1 Å². The predicted molar refractivity (Wildman–Crippen MR) is 60.9 cm³/mol. The molecular weight excluding hydrogens is 226 g/mol. The molecule has 1 aliphatic carbocycles. The van der Waals surface area contributed by atoms with Crippen LogP contribution in [-0.4, -0.2) is 31.0 Å². The van der Waals surface area contributed by atoms with E-state index in [1.54, 1.807) is 0 Å². The number of amides is 1. The van der Waals surface area contributed by atoms with Gasteiger partial charge in [0.2, 0.25) is 11.8 Å². The molecule has 0 aromatic heterocycles. The minimum Gasteiger partial charge on any atom is -0.352 e. The lowest BCUT2D eigenvalue weighted by Crippen LogP contribution is -2.48. The maximum absolute atomic E-state index is 13.2. The maximum Gasteiger partial charge on any atom is 0.248 e. The van der Waals surface area contributed by atoms with Gasteiger partial charge >= 0.3 is 0 Å². The van der Waals surface area contributed by atoms with Gasteiger partial charge in [0.15, 0.2) is 0 Å². The van der Waals surface area contributed by atoms with Crippen molar-refractivity contribution in [1.29, 1.82) is 0 Å². The van der Waals surface area contributed by atoms with Crippen LogP contribution in [0.4, 0.5) is 8.78 Å². The van der Waals surface area contributed by atoms with Gasteiger partial charge in [0.05, 0.1) is 0 Å². The zero-order valence-electron chi connectivity index (χ0n) is 9.98. The van der Waals surface area contributed by atoms with Crippen molar-refractivity contribution in [2.24, 2.45) is 5.92 Å². The molecule has 1 heterocycles. The summed E-state index contributed by atoms with van der Waals surface area (Å²) in [4.78, 5) is 11.9. The Hall–Kier alpha value is -0.710. The summed E-state index contributed by atoms with van der Waals surface area (Å²) < 4.78 is 26.4. The second kappa shape index (κ2) is 5.29. The summed E-state index contributed by atoms with van der Waals surface area (Å²) in [6.07, 6.45) is 2.68. The van der Waals surface area contributed by atoms with Crippen molar-refractivity contribution in [1.82, 2.24) is 10.6 Å². The van der Waals surface area contributed by atoms with E-state index in [4.69, 9.17) is 0 Å². The second-order valence-electron chi connectivity index (χ2n) is 5.20. The molecule has 98 valence electrons. The van der Waals surface area contributed by atoms with Crippen LogP contribution in [0.3, 0.4) is 0 Å². The number of nitrogens with one attached hydrogen (secondary N) is 2. The first-order valence-electron chi connectivity index (χ1n) is 6.46. The monoisotopic (exact) mass is 246 g/mol. The van der Waals surface area contributed by atoms with E-state index in [9.17, 15) is 13.6 Å². The van der Waals surface area contributed by atoms with Crippen molar-refractivity contribution in [3.05, 3.63) is 0 Å². The number of carbonyl (C=O) groups excluding carboxylic acids is 1. The molecule has 3 nitrogen and oxygen atoms in total. The van der Waals surface area contributed by atoms with E-state index in [0.29, 0.717) is 12.8 Å². The second-order valence-corrected chi connectivity index (χ2v) is 5.20. The Morgan fingerprint density at radius 1 is 1.29 bits per heavy atom. The van der Waals surface area contributed by atoms with Gasteiger partial charge in [-0.25, -0.2) is 8.78 Å². The summed E-state index contributed by atoms with van der Waals surface area (Å²) in [6.45, 7) is 1.74. The van der Waals surface area contributed by atoms with Crippen LogP contribution in [0, 0.1) is 5.92 Å². The van der Waals surface area contributed by atoms with Crippen molar-refractivity contribution in [2.45, 2.75) is 50.5 Å². The minimum absolute atomic E-state index is 0.0677. The molecule has 17 heavy (non-hydrogen) atoms. The van der Waals surface area contributed by atoms with Crippen LogP contribution in [0.15, 0.2) is 0 Å². The van der Waals surface area contributed by atoms with E-state index < -0.39 is 11.8 Å². The molecule has 2 aliphatic rings. The molecule has 2 unspecified atom stereocenters. The van der Waals surface area contributed by atoms with Gasteiger partial charge < -0.3 is 10.6 Å². The van der Waals surface area contributed by atoms with Crippen LogP contribution in [0.5, 0.6) is 0 Å². The number of hydrogen-bond donors (Lipinski definition) is 2. The van der Waals surface area contributed by atoms with E-state index in [-0.39, 0.29) is 24.8 Å². The maximum atomic E-state index is 13.2. The first-order chi connectivity index (χ1) is 8.07. The largest absolute Gasteiger partial charge is 0.352 e. The Bertz CT molecular complexity index is 278. The Morgan fingerprint density at radius 2 is 2.12 bits per heavy atom. The highest BCUT2D eigenvalue weighted by molar-refractivity contribution is 5.79. The van der Waals surface area contributed by atoms with E-state index in [0.717, 1.165) is 25.9 Å². The fourth-order valence-corrected chi connectivity index (χ4v) is 2.69. The molecule has 0 spiro atoms. The first kappa shape index (κ1) is 12.7. The lowest BCUT2D eigenvalue weighted by Gasteiger charge is -2.30. The van der Waals surface area contributed by atoms with Crippen LogP contribution in [-0.2, 0) is 4.79 Å². The summed E-state index contributed by atoms with van der Waals surface area (Å²) in [5.41, 5.74) is 0. The van der Waals surface area contributed by atoms with Crippen LogP contribution >= 0.6 is 0 Å². The Kier molecular flexibility index (Phi) is 3.97. The molecule has 2 fully saturated rings. The van der Waals surface area contributed by atoms with Gasteiger partial charge in [0.1, 0.15) is 0 Å². The fourth-order valence-electron chi connectivity index (χ4n) is 2.69. The van der Waals surface area contributed by atoms with Gasteiger partial charge in [-0.2, -0.15) is 0 Å². The molecule has 1 saturated carbocycles. The smallest absolute Gasteiger partial charge is 0.248 e. The third-order valence-corrected chi connectivity index (χ3v) is 3.65. The fraction of sp³-hybridized carbons (Fsp3) is 0.917. The van der Waals surface area contributed by atoms with E-state index in [2.05, 4.69) is 10.6 Å². The highest BCUT2D eigenvalue weighted by Crippen LogP contribution is 2.36. The van der Waals surface area contributed by atoms with Gasteiger partial charge in [-0.05, 0) is 32.2 Å². The summed E-state index contributed by atoms with van der Waals surface area (Å²) in [5, 5.41) is 6.09. The van der Waals surface area contributed by atoms with Crippen LogP contribution in [0.2, 0.25) is 0 Å². The number of alkyl halides is 2. The lowest BCUT2D eigenvalue weighted by molar-refractivity contribution is -0.133. The molecule has 0 aromatic carbocycles. The van der Waals surface area contributed by atoms with Crippen molar-refractivity contribution < 1.29 is 13.6 Å². The third kappa shape index (κ3) is 3.63. The van der Waals surface area contributed by atoms with Crippen molar-refractivity contribution in [3.63, 3.8) is 0 Å². The highest BCUT2D eigenvalue weighted by Gasteiger charge is 2.39. The molecule has 2 N–H and O–H groups in total. The Labute approximate surface area is 100 Å². The van der Waals surface area contributed by atoms with E-state index in [1.807, 2.05) is 0 Å². The number of rotatable bonds is 2. The molecule has 2 atom stereocenters. The van der Waals surface area contributed by atoms with Gasteiger partial charge in [-0.15, -0.1) is 0 Å². The predicted octanol–water partition coefficient (Wildman–Crippen LogP) is 1.68. The molecule has 1 saturated heterocycles. The van der Waals surface area contributed by atoms with Crippen LogP contribution < -0.4 is 10.6 Å². The summed E-state index contributed by atoms with van der Waals surface area (Å²) in [7, 11) is 0. The summed E-state index contributed by atoms with van der Waals surface area (Å²) in [5.74, 6) is -3.33. The highest BCUT2D eigenvalue weighted by atomic mass is 19.3. The number of hydrogen-bond acceptors (Lipinski definition) is 2. The summed E-state index contributed by atoms with van der Waals surface area (Å²) >= 11 is 0. The number of halogens is 2. The van der Waals surface area contributed by atoms with Crippen molar-refractivity contribution in [3.8, 4) is 0 Å². The Balaban J connectivity index is 1.82. The average Bonchev–Trinajstić information content (AvgIpc) is 2.29. The van der Waals surface area contributed by atoms with Gasteiger partial charge in [-0.3, -0.25) is 4.79 Å². The zero-order valence-corrected chi connectivity index (χ0v) is 9.98. The van der Waals surface area contributed by atoms with Gasteiger partial charge in [0, 0.05) is 31.3 Å². The number of piperidine rings is 1. The lowest BCUT2D eigenvalue weighted by atomic mass is 9.85. The first-order valence-corrected chi connectivity index (χ1v) is 6.46. The number of carbonyl (C=O) groups is 1. The van der Waals surface area contributed by atoms with E-state index >= 15 is 0 Å². The normalized spacial score (nSPS) is 33.1. The standard InChI is InChI=1S/C12H20F2N2O/c13-12(14)5-1-3-9(7-12)11(17)16-10-4-2-6-15-8-10/h9-10,15H,1-8H2,(H,16,17). The van der Waals surface area contributed by atoms with Gasteiger partial charge in [0.25, 0.3) is 0 Å². The quantitative estimate of drug-likeness (QED) is 0.778. The summed E-state index contributed by atoms with van der Waals surface area (Å²) in [6, 6.07) is 0.117. The SMILES string of the molecule is O=C(NC1CCCNC1)C1CCCC(F)(F)C1. The molecular formula is C12H20F2N2O. The molecule has 1 aliphatic heterocycles. The molecule has 0 radical (unpaired) electrons. The zero-order chi connectivity index (χ0) is 12.3. The van der Waals surface area contributed by atoms with Crippen LogP contribution in [0.25, 0.3) is 0 Å². The molecule has 2 rings (SSSR count). The van der Waals surface area contributed by atoms with E-state index in [1.165, 1.54) is 0 Å². The van der Waals surface area contributed by atoms with Crippen molar-refractivity contribution >= 4 is 5.91 Å². The molecule has 0 aromatic rings. The minimum atomic E-state index is -2.65. The molecule has 5 heteroatoms. The van der Waals surface area contributed by atoms with Crippen LogP contribution in [0.1, 0.15) is 38.5 Å². The van der Waals surface area contributed by atoms with Gasteiger partial charge in [-0.1, -0.05) is 0 Å².